The molecule has 0 aliphatic carbocycles. The second-order valence-electron chi connectivity index (χ2n) is 4.67. The van der Waals surface area contributed by atoms with Crippen molar-refractivity contribution in [3.63, 3.8) is 0 Å². The third-order valence-corrected chi connectivity index (χ3v) is 4.21. The monoisotopic (exact) mass is 281 g/mol. The number of ether oxygens (including phenoxy) is 1. The van der Waals surface area contributed by atoms with Gasteiger partial charge in [0.1, 0.15) is 11.2 Å². The van der Waals surface area contributed by atoms with Gasteiger partial charge in [0.05, 0.1) is 18.6 Å². The Morgan fingerprint density at radius 2 is 2.26 bits per heavy atom. The Kier molecular flexibility index (Phi) is 4.34. The van der Waals surface area contributed by atoms with Crippen LogP contribution in [0, 0.1) is 0 Å². The number of nitrogens with two attached hydrogens (primary N) is 1. The standard InChI is InChI=1S/C13H19N3O2S/c1-8(2)10-5-4-9(18-3)6-11(10)16-12(17)7-19-13(16)15-14/h4-6,8,13,15H,7,14H2,1-3H3. The first-order valence-corrected chi connectivity index (χ1v) is 7.21. The number of rotatable bonds is 4. The molecule has 3 N–H and O–H groups in total. The summed E-state index contributed by atoms with van der Waals surface area (Å²) in [6.45, 7) is 4.20. The summed E-state index contributed by atoms with van der Waals surface area (Å²) < 4.78 is 5.26. The van der Waals surface area contributed by atoms with Gasteiger partial charge in [-0.25, -0.2) is 5.43 Å². The fourth-order valence-electron chi connectivity index (χ4n) is 2.16. The molecule has 19 heavy (non-hydrogen) atoms. The van der Waals surface area contributed by atoms with Crippen LogP contribution in [-0.2, 0) is 4.79 Å². The lowest BCUT2D eigenvalue weighted by atomic mass is 10.00. The number of anilines is 1. The van der Waals surface area contributed by atoms with Crippen molar-refractivity contribution >= 4 is 23.4 Å². The Hall–Kier alpha value is -1.24. The van der Waals surface area contributed by atoms with Gasteiger partial charge in [-0.05, 0) is 17.5 Å². The molecule has 0 aromatic heterocycles. The zero-order valence-corrected chi connectivity index (χ0v) is 12.2. The average molecular weight is 281 g/mol. The smallest absolute Gasteiger partial charge is 0.239 e. The molecular formula is C13H19N3O2S. The molecular weight excluding hydrogens is 262 g/mol. The largest absolute Gasteiger partial charge is 0.497 e. The fourth-order valence-corrected chi connectivity index (χ4v) is 3.07. The highest BCUT2D eigenvalue weighted by atomic mass is 32.2. The number of hydrazine groups is 1. The summed E-state index contributed by atoms with van der Waals surface area (Å²) in [6.07, 6.45) is 0. The molecule has 6 heteroatoms. The number of amides is 1. The zero-order valence-electron chi connectivity index (χ0n) is 11.3. The lowest BCUT2D eigenvalue weighted by Gasteiger charge is -2.27. The van der Waals surface area contributed by atoms with Crippen molar-refractivity contribution in [3.8, 4) is 5.75 Å². The van der Waals surface area contributed by atoms with E-state index in [9.17, 15) is 4.79 Å². The van der Waals surface area contributed by atoms with Gasteiger partial charge in [0.2, 0.25) is 5.91 Å². The van der Waals surface area contributed by atoms with Crippen LogP contribution in [0.4, 0.5) is 5.69 Å². The third kappa shape index (κ3) is 2.70. The summed E-state index contributed by atoms with van der Waals surface area (Å²) >= 11 is 1.49. The molecule has 1 unspecified atom stereocenters. The van der Waals surface area contributed by atoms with E-state index in [0.717, 1.165) is 17.0 Å². The van der Waals surface area contributed by atoms with Crippen LogP contribution in [0.2, 0.25) is 0 Å². The highest BCUT2D eigenvalue weighted by Gasteiger charge is 2.34. The quantitative estimate of drug-likeness (QED) is 0.649. The molecule has 0 bridgehead atoms. The Bertz CT molecular complexity index is 479. The summed E-state index contributed by atoms with van der Waals surface area (Å²) in [6, 6.07) is 5.81. The van der Waals surface area contributed by atoms with Crippen LogP contribution >= 0.6 is 11.8 Å². The molecule has 1 saturated heterocycles. The molecule has 1 amide bonds. The Balaban J connectivity index is 2.48. The van der Waals surface area contributed by atoms with Crippen LogP contribution in [0.25, 0.3) is 0 Å². The summed E-state index contributed by atoms with van der Waals surface area (Å²) in [5.41, 5.74) is 4.42. The predicted molar refractivity (Wildman–Crippen MR) is 78.1 cm³/mol. The van der Waals surface area contributed by atoms with Gasteiger partial charge in [0.15, 0.2) is 0 Å². The van der Waals surface area contributed by atoms with Gasteiger partial charge in [-0.2, -0.15) is 0 Å². The maximum Gasteiger partial charge on any atom is 0.239 e. The molecule has 1 aromatic carbocycles. The first-order valence-electron chi connectivity index (χ1n) is 6.16. The molecule has 1 aliphatic rings. The van der Waals surface area contributed by atoms with Gasteiger partial charge in [-0.3, -0.25) is 15.5 Å². The maximum atomic E-state index is 12.1. The minimum absolute atomic E-state index is 0.0584. The summed E-state index contributed by atoms with van der Waals surface area (Å²) in [4.78, 5) is 13.8. The van der Waals surface area contributed by atoms with Gasteiger partial charge < -0.3 is 4.74 Å². The van der Waals surface area contributed by atoms with Crippen molar-refractivity contribution in [3.05, 3.63) is 23.8 Å². The highest BCUT2D eigenvalue weighted by Crippen LogP contribution is 2.36. The number of carbonyl (C=O) groups excluding carboxylic acids is 1. The van der Waals surface area contributed by atoms with Crippen LogP contribution in [0.15, 0.2) is 18.2 Å². The number of methoxy groups -OCH3 is 1. The topological polar surface area (TPSA) is 67.6 Å². The van der Waals surface area contributed by atoms with Crippen molar-refractivity contribution in [2.75, 3.05) is 17.8 Å². The van der Waals surface area contributed by atoms with Gasteiger partial charge in [-0.1, -0.05) is 19.9 Å². The minimum atomic E-state index is -0.225. The minimum Gasteiger partial charge on any atom is -0.497 e. The van der Waals surface area contributed by atoms with E-state index in [4.69, 9.17) is 10.6 Å². The van der Waals surface area contributed by atoms with Crippen LogP contribution in [0.5, 0.6) is 5.75 Å². The van der Waals surface area contributed by atoms with Crippen LogP contribution in [-0.4, -0.2) is 24.3 Å². The first-order chi connectivity index (χ1) is 9.08. The van der Waals surface area contributed by atoms with E-state index >= 15 is 0 Å². The fraction of sp³-hybridized carbons (Fsp3) is 0.462. The van der Waals surface area contributed by atoms with Gasteiger partial charge in [0, 0.05) is 6.07 Å². The van der Waals surface area contributed by atoms with E-state index in [-0.39, 0.29) is 11.4 Å². The number of carbonyl (C=O) groups is 1. The van der Waals surface area contributed by atoms with Crippen LogP contribution < -0.4 is 20.9 Å². The average Bonchev–Trinajstić information content (AvgIpc) is 2.78. The molecule has 1 atom stereocenters. The second kappa shape index (κ2) is 5.81. The number of hydrogen-bond donors (Lipinski definition) is 2. The second-order valence-corrected chi connectivity index (χ2v) is 5.74. The zero-order chi connectivity index (χ0) is 14.0. The normalized spacial score (nSPS) is 19.3. The Labute approximate surface area is 117 Å². The summed E-state index contributed by atoms with van der Waals surface area (Å²) in [7, 11) is 1.62. The van der Waals surface area contributed by atoms with E-state index in [1.807, 2.05) is 18.2 Å². The summed E-state index contributed by atoms with van der Waals surface area (Å²) in [5, 5.41) is 0. The molecule has 0 spiro atoms. The molecule has 1 fully saturated rings. The number of benzene rings is 1. The van der Waals surface area contributed by atoms with E-state index < -0.39 is 0 Å². The van der Waals surface area contributed by atoms with E-state index in [1.165, 1.54) is 11.8 Å². The summed E-state index contributed by atoms with van der Waals surface area (Å²) in [5.74, 6) is 7.07. The lowest BCUT2D eigenvalue weighted by Crippen LogP contribution is -2.45. The SMILES string of the molecule is COc1ccc(C(C)C)c(N2C(=O)CSC2NN)c1. The first kappa shape index (κ1) is 14.2. The number of nitrogens with one attached hydrogen (secondary N) is 1. The Morgan fingerprint density at radius 3 is 2.84 bits per heavy atom. The lowest BCUT2D eigenvalue weighted by molar-refractivity contribution is -0.115. The molecule has 0 radical (unpaired) electrons. The maximum absolute atomic E-state index is 12.1. The molecule has 0 saturated carbocycles. The molecule has 5 nitrogen and oxygen atoms in total. The number of thioether (sulfide) groups is 1. The van der Waals surface area contributed by atoms with Crippen molar-refractivity contribution in [2.24, 2.45) is 5.84 Å². The molecule has 1 heterocycles. The van der Waals surface area contributed by atoms with E-state index in [1.54, 1.807) is 12.0 Å². The van der Waals surface area contributed by atoms with Crippen molar-refractivity contribution in [1.29, 1.82) is 0 Å². The van der Waals surface area contributed by atoms with E-state index in [0.29, 0.717) is 11.7 Å². The van der Waals surface area contributed by atoms with Gasteiger partial charge in [-0.15, -0.1) is 11.8 Å². The highest BCUT2D eigenvalue weighted by molar-refractivity contribution is 8.01. The van der Waals surface area contributed by atoms with Crippen molar-refractivity contribution in [1.82, 2.24) is 5.43 Å². The Morgan fingerprint density at radius 1 is 1.53 bits per heavy atom. The van der Waals surface area contributed by atoms with Crippen LogP contribution in [0.3, 0.4) is 0 Å². The van der Waals surface area contributed by atoms with E-state index in [2.05, 4.69) is 19.3 Å². The predicted octanol–water partition coefficient (Wildman–Crippen LogP) is 1.65. The molecule has 1 aromatic rings. The van der Waals surface area contributed by atoms with Crippen molar-refractivity contribution in [2.45, 2.75) is 25.3 Å². The van der Waals surface area contributed by atoms with Gasteiger partial charge in [0.25, 0.3) is 0 Å². The molecule has 104 valence electrons. The third-order valence-electron chi connectivity index (χ3n) is 3.13. The van der Waals surface area contributed by atoms with Gasteiger partial charge >= 0.3 is 0 Å². The number of hydrogen-bond acceptors (Lipinski definition) is 5. The van der Waals surface area contributed by atoms with Crippen molar-refractivity contribution < 1.29 is 9.53 Å². The van der Waals surface area contributed by atoms with Crippen LogP contribution in [0.1, 0.15) is 25.3 Å². The number of nitrogens with zero attached hydrogens (tertiary/aromatic N) is 1. The molecule has 1 aliphatic heterocycles. The molecule has 2 rings (SSSR count).